The Morgan fingerprint density at radius 3 is 2.73 bits per heavy atom. The number of carbonyl (C=O) groups is 1. The Morgan fingerprint density at radius 1 is 1.27 bits per heavy atom. The van der Waals surface area contributed by atoms with E-state index in [0.717, 1.165) is 11.0 Å². The van der Waals surface area contributed by atoms with E-state index in [1.54, 1.807) is 19.2 Å². The Morgan fingerprint density at radius 2 is 2.04 bits per heavy atom. The molecule has 0 saturated carbocycles. The summed E-state index contributed by atoms with van der Waals surface area (Å²) in [5.41, 5.74) is 1.27. The van der Waals surface area contributed by atoms with Gasteiger partial charge in [-0.3, -0.25) is 4.79 Å². The minimum atomic E-state index is -0.272. The highest BCUT2D eigenvalue weighted by molar-refractivity contribution is 9.10. The first kappa shape index (κ1) is 18.3. The number of carbonyl (C=O) groups excluding carboxylic acids is 1. The van der Waals surface area contributed by atoms with Crippen molar-refractivity contribution in [2.45, 2.75) is 19.9 Å². The van der Waals surface area contributed by atoms with Crippen molar-refractivity contribution >= 4 is 32.8 Å². The number of rotatable bonds is 6. The van der Waals surface area contributed by atoms with Gasteiger partial charge in [-0.25, -0.2) is 0 Å². The summed E-state index contributed by atoms with van der Waals surface area (Å²) in [6, 6.07) is 12.8. The summed E-state index contributed by atoms with van der Waals surface area (Å²) in [4.78, 5) is 12.7. The molecular weight excluding hydrogens is 398 g/mol. The Bertz CT molecular complexity index is 902. The highest BCUT2D eigenvalue weighted by Gasteiger charge is 2.19. The molecule has 0 bridgehead atoms. The summed E-state index contributed by atoms with van der Waals surface area (Å²) >= 11 is 3.44. The van der Waals surface area contributed by atoms with Crippen molar-refractivity contribution in [3.05, 3.63) is 58.3 Å². The van der Waals surface area contributed by atoms with Gasteiger partial charge in [0.2, 0.25) is 0 Å². The molecule has 1 unspecified atom stereocenters. The zero-order chi connectivity index (χ0) is 18.7. The third kappa shape index (κ3) is 3.70. The van der Waals surface area contributed by atoms with Crippen molar-refractivity contribution in [3.63, 3.8) is 0 Å². The number of halogens is 1. The van der Waals surface area contributed by atoms with Crippen LogP contribution in [0.1, 0.15) is 36.0 Å². The third-order valence-electron chi connectivity index (χ3n) is 4.00. The lowest BCUT2D eigenvalue weighted by atomic mass is 10.1. The van der Waals surface area contributed by atoms with Crippen LogP contribution >= 0.6 is 15.9 Å². The second-order valence-corrected chi connectivity index (χ2v) is 6.66. The van der Waals surface area contributed by atoms with Crippen LogP contribution in [0.15, 0.2) is 51.4 Å². The van der Waals surface area contributed by atoms with Crippen molar-refractivity contribution < 1.29 is 18.7 Å². The molecule has 3 rings (SSSR count). The van der Waals surface area contributed by atoms with E-state index in [1.165, 1.54) is 0 Å². The first-order valence-corrected chi connectivity index (χ1v) is 9.12. The van der Waals surface area contributed by atoms with Crippen molar-refractivity contribution in [2.24, 2.45) is 0 Å². The molecule has 1 heterocycles. The number of amides is 1. The van der Waals surface area contributed by atoms with E-state index >= 15 is 0 Å². The fourth-order valence-electron chi connectivity index (χ4n) is 2.70. The number of para-hydroxylation sites is 1. The maximum absolute atomic E-state index is 12.7. The molecule has 1 aromatic heterocycles. The molecule has 0 aliphatic rings. The van der Waals surface area contributed by atoms with Gasteiger partial charge in [0.1, 0.15) is 11.3 Å². The van der Waals surface area contributed by atoms with Crippen LogP contribution in [0.2, 0.25) is 0 Å². The summed E-state index contributed by atoms with van der Waals surface area (Å²) in [7, 11) is 1.54. The Labute approximate surface area is 160 Å². The number of hydrogen-bond donors (Lipinski definition) is 1. The summed E-state index contributed by atoms with van der Waals surface area (Å²) in [6.45, 7) is 4.28. The molecule has 1 amide bonds. The summed E-state index contributed by atoms with van der Waals surface area (Å²) in [5, 5.41) is 3.96. The maximum atomic E-state index is 12.7. The summed E-state index contributed by atoms with van der Waals surface area (Å²) in [5.74, 6) is 1.57. The van der Waals surface area contributed by atoms with Crippen molar-refractivity contribution in [2.75, 3.05) is 13.7 Å². The molecule has 0 aliphatic carbocycles. The molecule has 0 aliphatic heterocycles. The number of hydrogen-bond acceptors (Lipinski definition) is 4. The predicted octanol–water partition coefficient (Wildman–Crippen LogP) is 5.09. The lowest BCUT2D eigenvalue weighted by molar-refractivity contribution is 0.0935. The quantitative estimate of drug-likeness (QED) is 0.606. The molecule has 26 heavy (non-hydrogen) atoms. The molecule has 5 nitrogen and oxygen atoms in total. The average molecular weight is 418 g/mol. The number of methoxy groups -OCH3 is 1. The van der Waals surface area contributed by atoms with E-state index in [-0.39, 0.29) is 11.9 Å². The molecule has 0 spiro atoms. The predicted molar refractivity (Wildman–Crippen MR) is 104 cm³/mol. The topological polar surface area (TPSA) is 60.7 Å². The maximum Gasteiger partial charge on any atom is 0.252 e. The fraction of sp³-hybridized carbons (Fsp3) is 0.250. The van der Waals surface area contributed by atoms with Crippen LogP contribution in [-0.4, -0.2) is 19.6 Å². The van der Waals surface area contributed by atoms with Gasteiger partial charge in [-0.2, -0.15) is 0 Å². The lowest BCUT2D eigenvalue weighted by Crippen LogP contribution is -2.26. The van der Waals surface area contributed by atoms with Crippen LogP contribution in [0.4, 0.5) is 0 Å². The van der Waals surface area contributed by atoms with Crippen LogP contribution in [0.5, 0.6) is 11.5 Å². The second kappa shape index (κ2) is 7.83. The van der Waals surface area contributed by atoms with E-state index in [4.69, 9.17) is 13.9 Å². The zero-order valence-electron chi connectivity index (χ0n) is 14.8. The van der Waals surface area contributed by atoms with Gasteiger partial charge in [-0.15, -0.1) is 0 Å². The molecule has 2 aromatic carbocycles. The van der Waals surface area contributed by atoms with Crippen LogP contribution < -0.4 is 14.8 Å². The highest BCUT2D eigenvalue weighted by Crippen LogP contribution is 2.36. The highest BCUT2D eigenvalue weighted by atomic mass is 79.9. The normalized spacial score (nSPS) is 12.0. The van der Waals surface area contributed by atoms with Gasteiger partial charge in [-0.05, 0) is 54.0 Å². The third-order valence-corrected chi connectivity index (χ3v) is 4.59. The molecule has 0 radical (unpaired) electrons. The Kier molecular flexibility index (Phi) is 5.52. The Balaban J connectivity index is 1.81. The van der Waals surface area contributed by atoms with Crippen LogP contribution in [0.3, 0.4) is 0 Å². The van der Waals surface area contributed by atoms with Crippen LogP contribution in [-0.2, 0) is 0 Å². The zero-order valence-corrected chi connectivity index (χ0v) is 16.4. The van der Waals surface area contributed by atoms with Gasteiger partial charge >= 0.3 is 0 Å². The summed E-state index contributed by atoms with van der Waals surface area (Å²) in [6.07, 6.45) is 0. The first-order chi connectivity index (χ1) is 12.5. The molecule has 3 aromatic rings. The minimum Gasteiger partial charge on any atom is -0.493 e. The molecule has 1 N–H and O–H groups in total. The lowest BCUT2D eigenvalue weighted by Gasteiger charge is -2.15. The largest absolute Gasteiger partial charge is 0.493 e. The van der Waals surface area contributed by atoms with Gasteiger partial charge in [0.25, 0.3) is 5.91 Å². The standard InChI is InChI=1S/C20H20BrNO4/c1-4-25-19-15(21)9-14(11-18(19)24-3)20(23)22-12(2)17-10-13-7-5-6-8-16(13)26-17/h5-12H,4H2,1-3H3,(H,22,23). The van der Waals surface area contributed by atoms with Crippen LogP contribution in [0, 0.1) is 0 Å². The van der Waals surface area contributed by atoms with E-state index in [0.29, 0.717) is 33.9 Å². The number of benzene rings is 2. The molecule has 6 heteroatoms. The number of ether oxygens (including phenoxy) is 2. The van der Waals surface area contributed by atoms with Crippen molar-refractivity contribution in [3.8, 4) is 11.5 Å². The monoisotopic (exact) mass is 417 g/mol. The number of furan rings is 1. The minimum absolute atomic E-state index is 0.222. The number of fused-ring (bicyclic) bond motifs is 1. The van der Waals surface area contributed by atoms with Crippen molar-refractivity contribution in [1.29, 1.82) is 0 Å². The first-order valence-electron chi connectivity index (χ1n) is 8.33. The van der Waals surface area contributed by atoms with Gasteiger partial charge in [0.05, 0.1) is 24.2 Å². The second-order valence-electron chi connectivity index (χ2n) is 5.80. The number of nitrogens with one attached hydrogen (secondary N) is 1. The van der Waals surface area contributed by atoms with Crippen LogP contribution in [0.25, 0.3) is 11.0 Å². The fourth-order valence-corrected chi connectivity index (χ4v) is 3.26. The average Bonchev–Trinajstić information content (AvgIpc) is 3.07. The van der Waals surface area contributed by atoms with E-state index in [1.807, 2.05) is 44.2 Å². The smallest absolute Gasteiger partial charge is 0.252 e. The van der Waals surface area contributed by atoms with Gasteiger partial charge in [-0.1, -0.05) is 18.2 Å². The van der Waals surface area contributed by atoms with Gasteiger partial charge in [0.15, 0.2) is 11.5 Å². The molecule has 136 valence electrons. The molecular formula is C20H20BrNO4. The molecule has 0 fully saturated rings. The summed E-state index contributed by atoms with van der Waals surface area (Å²) < 4.78 is 17.4. The molecule has 1 atom stereocenters. The van der Waals surface area contributed by atoms with Gasteiger partial charge in [0, 0.05) is 10.9 Å². The van der Waals surface area contributed by atoms with E-state index in [9.17, 15) is 4.79 Å². The SMILES string of the molecule is CCOc1c(Br)cc(C(=O)NC(C)c2cc3ccccc3o2)cc1OC. The van der Waals surface area contributed by atoms with E-state index < -0.39 is 0 Å². The Hall–Kier alpha value is -2.47. The van der Waals surface area contributed by atoms with Gasteiger partial charge < -0.3 is 19.2 Å². The van der Waals surface area contributed by atoms with Crippen molar-refractivity contribution in [1.82, 2.24) is 5.32 Å². The van der Waals surface area contributed by atoms with E-state index in [2.05, 4.69) is 21.2 Å². The molecule has 0 saturated heterocycles.